The van der Waals surface area contributed by atoms with Crippen LogP contribution in [-0.4, -0.2) is 9.97 Å². The second kappa shape index (κ2) is 4.30. The molecule has 0 aliphatic rings. The first-order valence-corrected chi connectivity index (χ1v) is 6.25. The number of hydrogen-bond acceptors (Lipinski definition) is 2. The zero-order valence-electron chi connectivity index (χ0n) is 11.6. The molecule has 18 heavy (non-hydrogen) atoms. The minimum Gasteiger partial charge on any atom is -0.254 e. The van der Waals surface area contributed by atoms with E-state index in [0.717, 1.165) is 5.52 Å². The van der Waals surface area contributed by atoms with Crippen molar-refractivity contribution in [3.63, 3.8) is 0 Å². The molecule has 2 nitrogen and oxygen atoms in total. The third-order valence-corrected chi connectivity index (χ3v) is 3.10. The predicted octanol–water partition coefficient (Wildman–Crippen LogP) is 4.19. The zero-order valence-corrected chi connectivity index (χ0v) is 11.6. The number of aromatic nitrogens is 2. The molecule has 0 radical (unpaired) electrons. The van der Waals surface area contributed by atoms with E-state index >= 15 is 0 Å². The van der Waals surface area contributed by atoms with Crippen LogP contribution in [0.1, 0.15) is 51.7 Å². The van der Waals surface area contributed by atoms with Gasteiger partial charge in [-0.15, -0.1) is 0 Å². The van der Waals surface area contributed by atoms with Gasteiger partial charge in [0.25, 0.3) is 0 Å². The summed E-state index contributed by atoms with van der Waals surface area (Å²) in [6.45, 7) is 10.7. The Morgan fingerprint density at radius 2 is 1.78 bits per heavy atom. The molecule has 2 aromatic heterocycles. The Morgan fingerprint density at radius 3 is 2.33 bits per heavy atom. The van der Waals surface area contributed by atoms with Gasteiger partial charge < -0.3 is 0 Å². The molecule has 0 unspecified atom stereocenters. The Morgan fingerprint density at radius 1 is 1.11 bits per heavy atom. The molecule has 0 N–H and O–H groups in total. The van der Waals surface area contributed by atoms with Gasteiger partial charge in [-0.2, -0.15) is 0 Å². The zero-order chi connectivity index (χ0) is 13.5. The van der Waals surface area contributed by atoms with E-state index in [-0.39, 0.29) is 11.2 Å². The van der Waals surface area contributed by atoms with Gasteiger partial charge in [-0.3, -0.25) is 9.97 Å². The van der Waals surface area contributed by atoms with Crippen LogP contribution >= 0.6 is 0 Å². The Bertz CT molecular complexity index is 583. The van der Waals surface area contributed by atoms with E-state index in [1.165, 1.54) is 23.4 Å². The monoisotopic (exact) mass is 246 g/mol. The van der Waals surface area contributed by atoms with Crippen molar-refractivity contribution in [3.05, 3.63) is 35.4 Å². The first-order valence-electron chi connectivity index (χ1n) is 6.25. The fourth-order valence-corrected chi connectivity index (χ4v) is 2.25. The van der Waals surface area contributed by atoms with E-state index in [4.69, 9.17) is 0 Å². The van der Waals surface area contributed by atoms with Gasteiger partial charge >= 0.3 is 0 Å². The smallest absolute Gasteiger partial charge is 0.143 e. The first-order chi connectivity index (χ1) is 8.30. The largest absolute Gasteiger partial charge is 0.254 e. The number of fused-ring (bicyclic) bond motifs is 1. The molecule has 2 aromatic rings. The van der Waals surface area contributed by atoms with Crippen LogP contribution in [0.2, 0.25) is 0 Å². The maximum absolute atomic E-state index is 13.2. The normalized spacial score (nSPS) is 12.4. The van der Waals surface area contributed by atoms with Crippen LogP contribution in [0.5, 0.6) is 0 Å². The third kappa shape index (κ3) is 2.22. The van der Waals surface area contributed by atoms with Crippen LogP contribution in [0.3, 0.4) is 0 Å². The molecule has 0 aromatic carbocycles. The molecular weight excluding hydrogens is 227 g/mol. The van der Waals surface area contributed by atoms with E-state index in [1.807, 2.05) is 6.20 Å². The molecule has 0 saturated heterocycles. The molecule has 0 saturated carbocycles. The average Bonchev–Trinajstić information content (AvgIpc) is 2.25. The minimum atomic E-state index is -0.340. The number of hydrogen-bond donors (Lipinski definition) is 0. The van der Waals surface area contributed by atoms with Crippen molar-refractivity contribution < 1.29 is 4.39 Å². The third-order valence-electron chi connectivity index (χ3n) is 3.10. The molecule has 2 heterocycles. The van der Waals surface area contributed by atoms with Gasteiger partial charge in [0.05, 0.1) is 17.2 Å². The van der Waals surface area contributed by atoms with Crippen molar-refractivity contribution in [3.8, 4) is 0 Å². The van der Waals surface area contributed by atoms with Crippen LogP contribution in [0.4, 0.5) is 4.39 Å². The van der Waals surface area contributed by atoms with Crippen LogP contribution < -0.4 is 0 Å². The Kier molecular flexibility index (Phi) is 3.09. The molecule has 3 heteroatoms. The molecule has 0 spiro atoms. The fourth-order valence-electron chi connectivity index (χ4n) is 2.25. The highest BCUT2D eigenvalue weighted by Crippen LogP contribution is 2.33. The molecule has 0 atom stereocenters. The lowest BCUT2D eigenvalue weighted by Crippen LogP contribution is -2.16. The lowest BCUT2D eigenvalue weighted by Gasteiger charge is -2.25. The second-order valence-corrected chi connectivity index (χ2v) is 6.01. The maximum Gasteiger partial charge on any atom is 0.143 e. The highest BCUT2D eigenvalue weighted by atomic mass is 19.1. The number of halogens is 1. The molecule has 0 fully saturated rings. The quantitative estimate of drug-likeness (QED) is 0.754. The Balaban J connectivity index is 2.83. The molecule has 2 rings (SSSR count). The van der Waals surface area contributed by atoms with Gasteiger partial charge in [-0.1, -0.05) is 34.6 Å². The molecule has 0 bridgehead atoms. The minimum absolute atomic E-state index is 0.0108. The van der Waals surface area contributed by atoms with Gasteiger partial charge in [0.2, 0.25) is 0 Å². The van der Waals surface area contributed by atoms with Crippen molar-refractivity contribution in [2.75, 3.05) is 0 Å². The fraction of sp³-hybridized carbons (Fsp3) is 0.467. The van der Waals surface area contributed by atoms with Crippen molar-refractivity contribution in [1.29, 1.82) is 0 Å². The van der Waals surface area contributed by atoms with Crippen molar-refractivity contribution in [1.82, 2.24) is 9.97 Å². The lowest BCUT2D eigenvalue weighted by molar-refractivity contribution is 0.575. The van der Waals surface area contributed by atoms with E-state index in [2.05, 4.69) is 44.6 Å². The van der Waals surface area contributed by atoms with Crippen molar-refractivity contribution in [2.24, 2.45) is 0 Å². The van der Waals surface area contributed by atoms with E-state index in [1.54, 1.807) is 0 Å². The summed E-state index contributed by atoms with van der Waals surface area (Å²) in [5.41, 5.74) is 3.82. The summed E-state index contributed by atoms with van der Waals surface area (Å²) in [6, 6.07) is 1.45. The molecule has 0 aliphatic carbocycles. The van der Waals surface area contributed by atoms with Crippen molar-refractivity contribution >= 4 is 11.0 Å². The Hall–Kier alpha value is -1.51. The molecule has 0 amide bonds. The summed E-state index contributed by atoms with van der Waals surface area (Å²) in [7, 11) is 0. The van der Waals surface area contributed by atoms with Gasteiger partial charge in [0.1, 0.15) is 5.82 Å². The summed E-state index contributed by atoms with van der Waals surface area (Å²) in [5, 5.41) is 0. The summed E-state index contributed by atoms with van der Waals surface area (Å²) in [6.07, 6.45) is 3.13. The van der Waals surface area contributed by atoms with Crippen molar-refractivity contribution in [2.45, 2.75) is 46.0 Å². The number of rotatable bonds is 1. The summed E-state index contributed by atoms with van der Waals surface area (Å²) in [4.78, 5) is 8.59. The summed E-state index contributed by atoms with van der Waals surface area (Å²) >= 11 is 0. The van der Waals surface area contributed by atoms with Gasteiger partial charge in [-0.05, 0) is 22.5 Å². The SMILES string of the molecule is CC(C)c1c(C(C)(C)C)cnc2cc(F)cnc12. The standard InChI is InChI=1S/C15H19FN2/c1-9(2)13-11(15(3,4)5)8-17-12-6-10(16)7-18-14(12)13/h6-9H,1-5H3. The summed E-state index contributed by atoms with van der Waals surface area (Å²) in [5.74, 6) is -0.00380. The molecule has 96 valence electrons. The van der Waals surface area contributed by atoms with E-state index < -0.39 is 0 Å². The van der Waals surface area contributed by atoms with Crippen LogP contribution in [0.15, 0.2) is 18.5 Å². The molecule has 0 aliphatic heterocycles. The van der Waals surface area contributed by atoms with E-state index in [0.29, 0.717) is 11.4 Å². The Labute approximate surface area is 107 Å². The topological polar surface area (TPSA) is 25.8 Å². The lowest BCUT2D eigenvalue weighted by atomic mass is 9.81. The maximum atomic E-state index is 13.2. The predicted molar refractivity (Wildman–Crippen MR) is 72.3 cm³/mol. The second-order valence-electron chi connectivity index (χ2n) is 6.01. The molecular formula is C15H19FN2. The highest BCUT2D eigenvalue weighted by Gasteiger charge is 2.22. The van der Waals surface area contributed by atoms with Gasteiger partial charge in [0.15, 0.2) is 0 Å². The number of pyridine rings is 2. The number of nitrogens with zero attached hydrogens (tertiary/aromatic N) is 2. The van der Waals surface area contributed by atoms with Crippen LogP contribution in [0.25, 0.3) is 11.0 Å². The highest BCUT2D eigenvalue weighted by molar-refractivity contribution is 5.79. The first kappa shape index (κ1) is 12.9. The summed E-state index contributed by atoms with van der Waals surface area (Å²) < 4.78 is 13.2. The average molecular weight is 246 g/mol. The van der Waals surface area contributed by atoms with Crippen LogP contribution in [0, 0.1) is 5.82 Å². The van der Waals surface area contributed by atoms with Gasteiger partial charge in [0, 0.05) is 12.3 Å². The van der Waals surface area contributed by atoms with E-state index in [9.17, 15) is 4.39 Å². The van der Waals surface area contributed by atoms with Crippen LogP contribution in [-0.2, 0) is 5.41 Å². The van der Waals surface area contributed by atoms with Gasteiger partial charge in [-0.25, -0.2) is 4.39 Å².